The van der Waals surface area contributed by atoms with Crippen LogP contribution in [-0.4, -0.2) is 25.6 Å². The second kappa shape index (κ2) is 8.19. The minimum Gasteiger partial charge on any atom is -0.494 e. The van der Waals surface area contributed by atoms with Gasteiger partial charge in [-0.2, -0.15) is 4.99 Å². The Morgan fingerprint density at radius 2 is 1.89 bits per heavy atom. The normalized spacial score (nSPS) is 10.2. The molecule has 0 saturated carbocycles. The van der Waals surface area contributed by atoms with E-state index in [1.165, 1.54) is 0 Å². The highest BCUT2D eigenvalue weighted by molar-refractivity contribution is 6.01. The summed E-state index contributed by atoms with van der Waals surface area (Å²) >= 11 is 0. The van der Waals surface area contributed by atoms with Gasteiger partial charge in [-0.3, -0.25) is 4.99 Å². The van der Waals surface area contributed by atoms with Gasteiger partial charge in [-0.25, -0.2) is 0 Å². The van der Waals surface area contributed by atoms with Crippen LogP contribution in [0.4, 0.5) is 5.69 Å². The zero-order chi connectivity index (χ0) is 12.7. The quantitative estimate of drug-likeness (QED) is 0.568. The number of halogens is 1. The van der Waals surface area contributed by atoms with Gasteiger partial charge in [0, 0.05) is 12.7 Å². The molecule has 0 spiro atoms. The Kier molecular flexibility index (Phi) is 7.30. The average molecular weight is 272 g/mol. The zero-order valence-corrected chi connectivity index (χ0v) is 11.2. The van der Waals surface area contributed by atoms with Crippen molar-refractivity contribution in [3.05, 3.63) is 24.3 Å². The lowest BCUT2D eigenvalue weighted by Gasteiger charge is -2.07. The van der Waals surface area contributed by atoms with Crippen molar-refractivity contribution in [1.82, 2.24) is 0 Å². The first-order valence-corrected chi connectivity index (χ1v) is 5.22. The molecule has 0 heterocycles. The summed E-state index contributed by atoms with van der Waals surface area (Å²) in [7, 11) is 1.60. The van der Waals surface area contributed by atoms with Gasteiger partial charge in [0.25, 0.3) is 0 Å². The third kappa shape index (κ3) is 5.40. The van der Waals surface area contributed by atoms with Gasteiger partial charge in [0.15, 0.2) is 5.96 Å². The topological polar surface area (TPSA) is 98.0 Å². The highest BCUT2D eigenvalue weighted by atomic mass is 35.5. The average Bonchev–Trinajstić information content (AvgIpc) is 2.30. The second-order valence-corrected chi connectivity index (χ2v) is 3.17. The van der Waals surface area contributed by atoms with Crippen LogP contribution in [0.1, 0.15) is 6.92 Å². The van der Waals surface area contributed by atoms with Crippen LogP contribution in [-0.2, 0) is 0 Å². The van der Waals surface area contributed by atoms with E-state index >= 15 is 0 Å². The predicted molar refractivity (Wildman–Crippen MR) is 77.7 cm³/mol. The largest absolute Gasteiger partial charge is 0.494 e. The summed E-state index contributed by atoms with van der Waals surface area (Å²) in [4.78, 5) is 7.74. The number of guanidine groups is 2. The minimum atomic E-state index is -0.0379. The van der Waals surface area contributed by atoms with Crippen LogP contribution < -0.4 is 21.5 Å². The molecule has 0 bridgehead atoms. The van der Waals surface area contributed by atoms with Crippen LogP contribution in [0.2, 0.25) is 0 Å². The number of aliphatic imine (C=N–C) groups is 2. The lowest BCUT2D eigenvalue weighted by molar-refractivity contribution is 0.340. The molecule has 100 valence electrons. The van der Waals surface area contributed by atoms with E-state index in [0.29, 0.717) is 12.6 Å². The van der Waals surface area contributed by atoms with Crippen LogP contribution in [0.25, 0.3) is 0 Å². The van der Waals surface area contributed by atoms with E-state index in [0.717, 1.165) is 11.4 Å². The molecule has 0 aliphatic carbocycles. The lowest BCUT2D eigenvalue weighted by Crippen LogP contribution is -2.26. The third-order valence-corrected chi connectivity index (χ3v) is 1.87. The first-order chi connectivity index (χ1) is 8.15. The van der Waals surface area contributed by atoms with E-state index in [4.69, 9.17) is 16.2 Å². The maximum Gasteiger partial charge on any atom is 0.225 e. The Morgan fingerprint density at radius 1 is 1.28 bits per heavy atom. The second-order valence-electron chi connectivity index (χ2n) is 3.17. The monoisotopic (exact) mass is 271 g/mol. The van der Waals surface area contributed by atoms with E-state index in [1.54, 1.807) is 7.05 Å². The standard InChI is InChI=1S/C11H17N5O.ClH/c1-3-17-9-6-4-8(5-7-9)15-11(14-2)16-10(12)13;/h4-7H,3H2,1-2H3,(H5,12,13,14,15,16);1H. The van der Waals surface area contributed by atoms with Gasteiger partial charge in [-0.15, -0.1) is 12.4 Å². The van der Waals surface area contributed by atoms with Crippen LogP contribution >= 0.6 is 12.4 Å². The maximum atomic E-state index is 5.33. The molecule has 0 amide bonds. The fourth-order valence-corrected chi connectivity index (χ4v) is 1.19. The Bertz CT molecular complexity index is 412. The van der Waals surface area contributed by atoms with Gasteiger partial charge in [0.1, 0.15) is 5.75 Å². The molecule has 7 heteroatoms. The Hall–Kier alpha value is -1.95. The summed E-state index contributed by atoms with van der Waals surface area (Å²) < 4.78 is 5.33. The highest BCUT2D eigenvalue weighted by Gasteiger charge is 1.98. The number of ether oxygens (including phenoxy) is 1. The molecule has 1 aromatic carbocycles. The molecule has 0 saturated heterocycles. The number of rotatable bonds is 3. The number of nitrogens with one attached hydrogen (secondary N) is 1. The number of hydrogen-bond acceptors (Lipinski definition) is 2. The van der Waals surface area contributed by atoms with E-state index in [-0.39, 0.29) is 18.4 Å². The third-order valence-electron chi connectivity index (χ3n) is 1.87. The molecule has 18 heavy (non-hydrogen) atoms. The molecule has 0 aromatic heterocycles. The summed E-state index contributed by atoms with van der Waals surface area (Å²) in [5.74, 6) is 1.13. The first-order valence-electron chi connectivity index (χ1n) is 5.22. The van der Waals surface area contributed by atoms with Crippen molar-refractivity contribution < 1.29 is 4.74 Å². The predicted octanol–water partition coefficient (Wildman–Crippen LogP) is 1.18. The summed E-state index contributed by atoms with van der Waals surface area (Å²) in [6.07, 6.45) is 0. The summed E-state index contributed by atoms with van der Waals surface area (Å²) in [6, 6.07) is 7.43. The SMILES string of the molecule is CCOc1ccc(NC(N=C(N)N)=NC)cc1.Cl. The van der Waals surface area contributed by atoms with E-state index < -0.39 is 0 Å². The summed E-state index contributed by atoms with van der Waals surface area (Å²) in [5, 5.41) is 2.98. The summed E-state index contributed by atoms with van der Waals surface area (Å²) in [5.41, 5.74) is 11.4. The molecule has 1 rings (SSSR count). The molecular weight excluding hydrogens is 254 g/mol. The first kappa shape index (κ1) is 16.1. The molecule has 0 atom stereocenters. The van der Waals surface area contributed by atoms with Gasteiger partial charge in [0.2, 0.25) is 5.96 Å². The molecule has 1 aromatic rings. The molecule has 0 aliphatic heterocycles. The molecule has 6 nitrogen and oxygen atoms in total. The molecule has 5 N–H and O–H groups in total. The fraction of sp³-hybridized carbons (Fsp3) is 0.273. The smallest absolute Gasteiger partial charge is 0.225 e. The van der Waals surface area contributed by atoms with Crippen LogP contribution in [0.15, 0.2) is 34.3 Å². The van der Waals surface area contributed by atoms with Crippen molar-refractivity contribution in [1.29, 1.82) is 0 Å². The fourth-order valence-electron chi connectivity index (χ4n) is 1.19. The Morgan fingerprint density at radius 3 is 2.33 bits per heavy atom. The minimum absolute atomic E-state index is 0. The number of benzene rings is 1. The highest BCUT2D eigenvalue weighted by Crippen LogP contribution is 2.15. The van der Waals surface area contributed by atoms with Gasteiger partial charge >= 0.3 is 0 Å². The van der Waals surface area contributed by atoms with Crippen LogP contribution in [0.3, 0.4) is 0 Å². The van der Waals surface area contributed by atoms with Gasteiger partial charge < -0.3 is 21.5 Å². The number of hydrogen-bond donors (Lipinski definition) is 3. The van der Waals surface area contributed by atoms with Gasteiger partial charge in [0.05, 0.1) is 6.61 Å². The van der Waals surface area contributed by atoms with Crippen molar-refractivity contribution in [2.24, 2.45) is 21.5 Å². The van der Waals surface area contributed by atoms with E-state index in [1.807, 2.05) is 31.2 Å². The summed E-state index contributed by atoms with van der Waals surface area (Å²) in [6.45, 7) is 2.58. The van der Waals surface area contributed by atoms with Crippen LogP contribution in [0.5, 0.6) is 5.75 Å². The van der Waals surface area contributed by atoms with E-state index in [9.17, 15) is 0 Å². The van der Waals surface area contributed by atoms with Gasteiger partial charge in [-0.1, -0.05) is 0 Å². The molecule has 0 unspecified atom stereocenters. The maximum absolute atomic E-state index is 5.33. The number of nitrogens with two attached hydrogens (primary N) is 2. The Labute approximate surface area is 113 Å². The molecule has 0 fully saturated rings. The van der Waals surface area contributed by atoms with E-state index in [2.05, 4.69) is 15.3 Å². The molecule has 0 radical (unpaired) electrons. The van der Waals surface area contributed by atoms with Crippen molar-refractivity contribution in [2.75, 3.05) is 19.0 Å². The number of nitrogens with zero attached hydrogens (tertiary/aromatic N) is 2. The lowest BCUT2D eigenvalue weighted by atomic mass is 10.3. The molecule has 0 aliphatic rings. The van der Waals surface area contributed by atoms with Crippen molar-refractivity contribution >= 4 is 30.0 Å². The van der Waals surface area contributed by atoms with Crippen molar-refractivity contribution in [3.63, 3.8) is 0 Å². The van der Waals surface area contributed by atoms with Crippen LogP contribution in [0, 0.1) is 0 Å². The number of anilines is 1. The van der Waals surface area contributed by atoms with Crippen molar-refractivity contribution in [3.8, 4) is 5.75 Å². The Balaban J connectivity index is 0.00000289. The van der Waals surface area contributed by atoms with Crippen molar-refractivity contribution in [2.45, 2.75) is 6.92 Å². The zero-order valence-electron chi connectivity index (χ0n) is 10.4. The van der Waals surface area contributed by atoms with Gasteiger partial charge in [-0.05, 0) is 31.2 Å². The molecular formula is C11H18ClN5O.